The van der Waals surface area contributed by atoms with E-state index < -0.39 is 0 Å². The van der Waals surface area contributed by atoms with Crippen molar-refractivity contribution in [1.29, 1.82) is 0 Å². The number of carbonyl (C=O) groups excluding carboxylic acids is 1. The summed E-state index contributed by atoms with van der Waals surface area (Å²) in [7, 11) is 1.81. The van der Waals surface area contributed by atoms with Crippen LogP contribution in [0.2, 0.25) is 0 Å². The van der Waals surface area contributed by atoms with Crippen molar-refractivity contribution in [1.82, 2.24) is 10.2 Å². The second-order valence-corrected chi connectivity index (χ2v) is 7.12. The second-order valence-electron chi connectivity index (χ2n) is 7.12. The number of amides is 1. The van der Waals surface area contributed by atoms with Gasteiger partial charge in [0.1, 0.15) is 0 Å². The predicted molar refractivity (Wildman–Crippen MR) is 130 cm³/mol. The number of guanidine groups is 1. The van der Waals surface area contributed by atoms with Gasteiger partial charge in [0.2, 0.25) is 5.91 Å². The van der Waals surface area contributed by atoms with E-state index in [0.717, 1.165) is 36.7 Å². The van der Waals surface area contributed by atoms with E-state index in [4.69, 9.17) is 0 Å². The van der Waals surface area contributed by atoms with Crippen molar-refractivity contribution in [2.24, 2.45) is 4.99 Å². The van der Waals surface area contributed by atoms with Crippen molar-refractivity contribution >= 4 is 47.1 Å². The summed E-state index contributed by atoms with van der Waals surface area (Å²) in [6, 6.07) is 18.6. The number of fused-ring (bicyclic) bond motifs is 1. The quantitative estimate of drug-likeness (QED) is 0.395. The number of hydrogen-bond donors (Lipinski definition) is 1. The Kier molecular flexibility index (Phi) is 7.30. The molecule has 5 nitrogen and oxygen atoms in total. The zero-order valence-corrected chi connectivity index (χ0v) is 19.0. The minimum Gasteiger partial charge on any atom is -0.354 e. The molecule has 29 heavy (non-hydrogen) atoms. The summed E-state index contributed by atoms with van der Waals surface area (Å²) in [4.78, 5) is 20.9. The highest BCUT2D eigenvalue weighted by Gasteiger charge is 2.26. The van der Waals surface area contributed by atoms with Crippen LogP contribution < -0.4 is 10.2 Å². The van der Waals surface area contributed by atoms with Gasteiger partial charge in [0.25, 0.3) is 0 Å². The van der Waals surface area contributed by atoms with Crippen molar-refractivity contribution < 1.29 is 4.79 Å². The van der Waals surface area contributed by atoms with Crippen LogP contribution in [0.1, 0.15) is 17.5 Å². The molecular weight excluding hydrogens is 475 g/mol. The van der Waals surface area contributed by atoms with E-state index >= 15 is 0 Å². The number of halogens is 1. The zero-order chi connectivity index (χ0) is 19.3. The average molecular weight is 502 g/mol. The van der Waals surface area contributed by atoms with Gasteiger partial charge in [-0.3, -0.25) is 9.79 Å². The first-order chi connectivity index (χ1) is 13.8. The molecule has 2 aromatic carbocycles. The van der Waals surface area contributed by atoms with Gasteiger partial charge in [-0.1, -0.05) is 54.6 Å². The average Bonchev–Trinajstić information content (AvgIpc) is 3.07. The third-order valence-corrected chi connectivity index (χ3v) is 5.41. The van der Waals surface area contributed by atoms with Gasteiger partial charge in [0, 0.05) is 38.9 Å². The molecule has 0 saturated heterocycles. The molecule has 0 fully saturated rings. The van der Waals surface area contributed by atoms with E-state index in [1.165, 1.54) is 11.1 Å². The zero-order valence-electron chi connectivity index (χ0n) is 16.7. The molecule has 152 valence electrons. The second kappa shape index (κ2) is 9.91. The maximum atomic E-state index is 12.3. The van der Waals surface area contributed by atoms with E-state index in [0.29, 0.717) is 19.5 Å². The lowest BCUT2D eigenvalue weighted by atomic mass is 10.00. The minimum atomic E-state index is 0. The number of nitrogens with one attached hydrogen (secondary N) is 1. The maximum absolute atomic E-state index is 12.3. The topological polar surface area (TPSA) is 47.9 Å². The third kappa shape index (κ3) is 4.80. The lowest BCUT2D eigenvalue weighted by Gasteiger charge is -2.30. The van der Waals surface area contributed by atoms with E-state index in [1.54, 1.807) is 0 Å². The Morgan fingerprint density at radius 1 is 1.10 bits per heavy atom. The van der Waals surface area contributed by atoms with E-state index in [2.05, 4.69) is 51.6 Å². The molecule has 0 radical (unpaired) electrons. The van der Waals surface area contributed by atoms with Crippen LogP contribution in [0.25, 0.3) is 5.57 Å². The number of carbonyl (C=O) groups is 1. The van der Waals surface area contributed by atoms with Crippen molar-refractivity contribution in [3.63, 3.8) is 0 Å². The third-order valence-electron chi connectivity index (χ3n) is 5.41. The van der Waals surface area contributed by atoms with Crippen molar-refractivity contribution in [2.45, 2.75) is 12.8 Å². The SMILES string of the molecule is CN=C(NCCN1C(=O)Cc2ccccc21)N1CC=C(c2ccccc2)CC1.I. The molecule has 2 aliphatic heterocycles. The lowest BCUT2D eigenvalue weighted by molar-refractivity contribution is -0.117. The van der Waals surface area contributed by atoms with Gasteiger partial charge < -0.3 is 15.1 Å². The standard InChI is InChI=1S/C23H26N4O.HI/c1-24-23(26-14-11-19(12-15-26)18-7-3-2-4-8-18)25-13-16-27-21-10-6-5-9-20(21)17-22(27)28;/h2-11H,12-17H2,1H3,(H,24,25);1H. The van der Waals surface area contributed by atoms with Crippen LogP contribution in [0.5, 0.6) is 0 Å². The molecule has 2 heterocycles. The first-order valence-electron chi connectivity index (χ1n) is 9.84. The molecule has 1 amide bonds. The highest BCUT2D eigenvalue weighted by molar-refractivity contribution is 14.0. The fourth-order valence-electron chi connectivity index (χ4n) is 3.95. The molecule has 0 aliphatic carbocycles. The largest absolute Gasteiger partial charge is 0.354 e. The van der Waals surface area contributed by atoms with Crippen LogP contribution in [0, 0.1) is 0 Å². The fourth-order valence-corrected chi connectivity index (χ4v) is 3.95. The van der Waals surface area contributed by atoms with Crippen molar-refractivity contribution in [2.75, 3.05) is 38.1 Å². The van der Waals surface area contributed by atoms with Crippen LogP contribution in [0.4, 0.5) is 5.69 Å². The maximum Gasteiger partial charge on any atom is 0.231 e. The number of para-hydroxylation sites is 1. The summed E-state index contributed by atoms with van der Waals surface area (Å²) in [5.74, 6) is 1.06. The molecule has 1 N–H and O–H groups in total. The van der Waals surface area contributed by atoms with Gasteiger partial charge in [-0.25, -0.2) is 0 Å². The molecule has 4 rings (SSSR count). The van der Waals surface area contributed by atoms with Crippen molar-refractivity contribution in [3.8, 4) is 0 Å². The number of nitrogens with zero attached hydrogens (tertiary/aromatic N) is 3. The number of rotatable bonds is 4. The summed E-state index contributed by atoms with van der Waals surface area (Å²) in [6.45, 7) is 3.10. The molecule has 6 heteroatoms. The van der Waals surface area contributed by atoms with Crippen molar-refractivity contribution in [3.05, 3.63) is 71.8 Å². The number of hydrogen-bond acceptors (Lipinski definition) is 2. The molecular formula is C23H27IN4O. The van der Waals surface area contributed by atoms with Crippen LogP contribution in [0.3, 0.4) is 0 Å². The highest BCUT2D eigenvalue weighted by atomic mass is 127. The number of aliphatic imine (C=N–C) groups is 1. The molecule has 2 aliphatic rings. The fraction of sp³-hybridized carbons (Fsp3) is 0.304. The Hall–Kier alpha value is -2.35. The van der Waals surface area contributed by atoms with E-state index in [-0.39, 0.29) is 29.9 Å². The Morgan fingerprint density at radius 3 is 2.59 bits per heavy atom. The Labute approximate surface area is 189 Å². The van der Waals surface area contributed by atoms with Gasteiger partial charge >= 0.3 is 0 Å². The van der Waals surface area contributed by atoms with E-state index in [9.17, 15) is 4.79 Å². The summed E-state index contributed by atoms with van der Waals surface area (Å²) in [6.07, 6.45) is 3.79. The van der Waals surface area contributed by atoms with Gasteiger partial charge in [-0.2, -0.15) is 0 Å². The number of anilines is 1. The predicted octanol–water partition coefficient (Wildman–Crippen LogP) is 3.56. The molecule has 0 spiro atoms. The van der Waals surface area contributed by atoms with Gasteiger partial charge in [-0.15, -0.1) is 24.0 Å². The first-order valence-corrected chi connectivity index (χ1v) is 9.84. The lowest BCUT2D eigenvalue weighted by Crippen LogP contribution is -2.46. The minimum absolute atomic E-state index is 0. The Morgan fingerprint density at radius 2 is 1.86 bits per heavy atom. The van der Waals surface area contributed by atoms with E-state index in [1.807, 2.05) is 36.2 Å². The summed E-state index contributed by atoms with van der Waals surface area (Å²) < 4.78 is 0. The number of benzene rings is 2. The molecule has 0 unspecified atom stereocenters. The monoisotopic (exact) mass is 502 g/mol. The molecule has 0 aromatic heterocycles. The van der Waals surface area contributed by atoms with Gasteiger partial charge in [0.15, 0.2) is 5.96 Å². The van der Waals surface area contributed by atoms with Crippen LogP contribution in [-0.4, -0.2) is 50.0 Å². The van der Waals surface area contributed by atoms with Gasteiger partial charge in [0.05, 0.1) is 6.42 Å². The van der Waals surface area contributed by atoms with Crippen LogP contribution >= 0.6 is 24.0 Å². The summed E-state index contributed by atoms with van der Waals surface area (Å²) in [5.41, 5.74) is 4.85. The summed E-state index contributed by atoms with van der Waals surface area (Å²) in [5, 5.41) is 3.42. The molecule has 2 aromatic rings. The Bertz CT molecular complexity index is 910. The highest BCUT2D eigenvalue weighted by Crippen LogP contribution is 2.27. The first kappa shape index (κ1) is 21.4. The van der Waals surface area contributed by atoms with Crippen LogP contribution in [-0.2, 0) is 11.2 Å². The normalized spacial score (nSPS) is 16.2. The van der Waals surface area contributed by atoms with Gasteiger partial charge in [-0.05, 0) is 29.2 Å². The molecule has 0 atom stereocenters. The molecule has 0 saturated carbocycles. The Balaban J connectivity index is 0.00000240. The van der Waals surface area contributed by atoms with Crippen LogP contribution in [0.15, 0.2) is 65.7 Å². The summed E-state index contributed by atoms with van der Waals surface area (Å²) >= 11 is 0. The smallest absolute Gasteiger partial charge is 0.231 e. The molecule has 0 bridgehead atoms.